The number of alkyl halides is 4. The summed E-state index contributed by atoms with van der Waals surface area (Å²) in [4.78, 5) is 12.2. The molecule has 2 rings (SSSR count). The van der Waals surface area contributed by atoms with Crippen LogP contribution in [0, 0.1) is 0 Å². The van der Waals surface area contributed by atoms with Gasteiger partial charge in [0.15, 0.2) is 5.67 Å². The first-order valence-corrected chi connectivity index (χ1v) is 9.82. The molecule has 0 saturated carbocycles. The molecule has 0 heterocycles. The largest absolute Gasteiger partial charge is 0.573 e. The Bertz CT molecular complexity index is 870. The van der Waals surface area contributed by atoms with Crippen molar-refractivity contribution in [1.82, 2.24) is 0 Å². The molecule has 0 aliphatic rings. The van der Waals surface area contributed by atoms with Crippen molar-refractivity contribution in [2.24, 2.45) is 0 Å². The third-order valence-corrected chi connectivity index (χ3v) is 4.48. The Morgan fingerprint density at radius 3 is 1.97 bits per heavy atom. The monoisotopic (exact) mass is 442 g/mol. The molecule has 0 saturated heterocycles. The van der Waals surface area contributed by atoms with E-state index in [1.54, 1.807) is 27.7 Å². The van der Waals surface area contributed by atoms with E-state index in [0.29, 0.717) is 6.42 Å². The highest BCUT2D eigenvalue weighted by molar-refractivity contribution is 5.89. The van der Waals surface area contributed by atoms with Crippen LogP contribution in [0.3, 0.4) is 0 Å². The summed E-state index contributed by atoms with van der Waals surface area (Å²) in [5.74, 6) is -1.02. The molecule has 31 heavy (non-hydrogen) atoms. The van der Waals surface area contributed by atoms with Gasteiger partial charge in [0.1, 0.15) is 17.5 Å². The average molecular weight is 442 g/mol. The number of aliphatic hydroxyl groups is 1. The molecule has 2 aromatic rings. The van der Waals surface area contributed by atoms with E-state index in [9.17, 15) is 23.1 Å². The maximum absolute atomic E-state index is 16.0. The molecule has 0 spiro atoms. The number of carbonyl (C=O) groups excluding carboxylic acids is 1. The number of aliphatic hydroxyl groups excluding tert-OH is 1. The quantitative estimate of drug-likeness (QED) is 0.407. The number of ether oxygens (including phenoxy) is 2. The maximum Gasteiger partial charge on any atom is 0.573 e. The zero-order chi connectivity index (χ0) is 23.4. The molecule has 0 radical (unpaired) electrons. The maximum atomic E-state index is 16.0. The zero-order valence-corrected chi connectivity index (χ0v) is 17.8. The molecule has 0 fully saturated rings. The minimum Gasteiger partial charge on any atom is -0.456 e. The van der Waals surface area contributed by atoms with Gasteiger partial charge in [-0.25, -0.2) is 9.18 Å². The van der Waals surface area contributed by atoms with Crippen LogP contribution in [0.5, 0.6) is 5.75 Å². The Morgan fingerprint density at radius 1 is 0.968 bits per heavy atom. The number of halogens is 4. The predicted molar refractivity (Wildman–Crippen MR) is 107 cm³/mol. The molecule has 0 aliphatic heterocycles. The van der Waals surface area contributed by atoms with Crippen LogP contribution < -0.4 is 4.74 Å². The molecular weight excluding hydrogens is 416 g/mol. The number of esters is 1. The molecule has 1 N–H and O–H groups in total. The highest BCUT2D eigenvalue weighted by Crippen LogP contribution is 2.43. The van der Waals surface area contributed by atoms with Crippen molar-refractivity contribution in [2.45, 2.75) is 64.3 Å². The van der Waals surface area contributed by atoms with E-state index < -0.39 is 35.5 Å². The number of hydrogen-bond donors (Lipinski definition) is 1. The second kappa shape index (κ2) is 9.26. The molecule has 0 aromatic heterocycles. The lowest BCUT2D eigenvalue weighted by atomic mass is 9.82. The second-order valence-corrected chi connectivity index (χ2v) is 8.21. The van der Waals surface area contributed by atoms with Gasteiger partial charge in [0.2, 0.25) is 0 Å². The third kappa shape index (κ3) is 6.69. The Kier molecular flexibility index (Phi) is 7.36. The Balaban J connectivity index is 2.29. The molecule has 2 aromatic carbocycles. The molecular formula is C23H26F4O4. The standard InChI is InChI=1S/C23H26F4O4/c1-5-14-22(24,17-10-6-16(7-11-17)20(29)31-21(2,3)4)19(28)15-8-12-18(13-9-15)30-23(25,26)27/h6-13,19,28H,5,14H2,1-4H3/t19-,22-/m1/s1. The van der Waals surface area contributed by atoms with E-state index in [-0.39, 0.29) is 23.1 Å². The molecule has 0 amide bonds. The Hall–Kier alpha value is -2.61. The zero-order valence-electron chi connectivity index (χ0n) is 17.8. The number of benzene rings is 2. The fourth-order valence-electron chi connectivity index (χ4n) is 3.14. The predicted octanol–water partition coefficient (Wildman–Crippen LogP) is 6.24. The van der Waals surface area contributed by atoms with E-state index in [0.717, 1.165) is 12.1 Å². The molecule has 2 atom stereocenters. The molecule has 0 bridgehead atoms. The summed E-state index contributed by atoms with van der Waals surface area (Å²) in [6, 6.07) is 10.0. The SMILES string of the molecule is CCC[C@@](F)(c1ccc(C(=O)OC(C)(C)C)cc1)[C@H](O)c1ccc(OC(F)(F)F)cc1. The molecule has 4 nitrogen and oxygen atoms in total. The molecule has 170 valence electrons. The lowest BCUT2D eigenvalue weighted by Gasteiger charge is -2.31. The highest BCUT2D eigenvalue weighted by Gasteiger charge is 2.40. The molecule has 0 aliphatic carbocycles. The van der Waals surface area contributed by atoms with Gasteiger partial charge in [0.25, 0.3) is 0 Å². The minimum atomic E-state index is -4.85. The highest BCUT2D eigenvalue weighted by atomic mass is 19.4. The van der Waals surface area contributed by atoms with E-state index >= 15 is 4.39 Å². The van der Waals surface area contributed by atoms with Gasteiger partial charge in [-0.2, -0.15) is 0 Å². The van der Waals surface area contributed by atoms with Gasteiger partial charge in [0.05, 0.1) is 5.56 Å². The van der Waals surface area contributed by atoms with Crippen LogP contribution in [0.25, 0.3) is 0 Å². The van der Waals surface area contributed by atoms with Crippen LogP contribution in [-0.4, -0.2) is 23.0 Å². The first-order chi connectivity index (χ1) is 14.2. The number of carbonyl (C=O) groups is 1. The average Bonchev–Trinajstić information content (AvgIpc) is 2.65. The number of rotatable bonds is 7. The van der Waals surface area contributed by atoms with E-state index in [2.05, 4.69) is 4.74 Å². The van der Waals surface area contributed by atoms with Crippen molar-refractivity contribution in [3.05, 3.63) is 65.2 Å². The minimum absolute atomic E-state index is 0.0409. The summed E-state index contributed by atoms with van der Waals surface area (Å²) < 4.78 is 62.1. The van der Waals surface area contributed by atoms with Crippen LogP contribution in [0.15, 0.2) is 48.5 Å². The summed E-state index contributed by atoms with van der Waals surface area (Å²) in [6.07, 6.45) is -6.13. The topological polar surface area (TPSA) is 55.8 Å². The smallest absolute Gasteiger partial charge is 0.456 e. The second-order valence-electron chi connectivity index (χ2n) is 8.21. The Labute approximate surface area is 178 Å². The number of hydrogen-bond acceptors (Lipinski definition) is 4. The first kappa shape index (κ1) is 24.7. The lowest BCUT2D eigenvalue weighted by molar-refractivity contribution is -0.274. The van der Waals surface area contributed by atoms with Crippen LogP contribution in [0.4, 0.5) is 17.6 Å². The van der Waals surface area contributed by atoms with Crippen LogP contribution >= 0.6 is 0 Å². The fourth-order valence-corrected chi connectivity index (χ4v) is 3.14. The summed E-state index contributed by atoms with van der Waals surface area (Å²) in [7, 11) is 0. The fraction of sp³-hybridized carbons (Fsp3) is 0.435. The molecule has 8 heteroatoms. The van der Waals surface area contributed by atoms with Crippen molar-refractivity contribution >= 4 is 5.97 Å². The normalized spacial score (nSPS) is 15.1. The van der Waals surface area contributed by atoms with Crippen molar-refractivity contribution in [3.8, 4) is 5.75 Å². The van der Waals surface area contributed by atoms with Gasteiger partial charge in [-0.3, -0.25) is 0 Å². The first-order valence-electron chi connectivity index (χ1n) is 9.82. The molecule has 0 unspecified atom stereocenters. The van der Waals surface area contributed by atoms with Crippen molar-refractivity contribution in [3.63, 3.8) is 0 Å². The summed E-state index contributed by atoms with van der Waals surface area (Å²) in [5, 5.41) is 10.7. The van der Waals surface area contributed by atoms with Crippen LogP contribution in [0.1, 0.15) is 68.1 Å². The van der Waals surface area contributed by atoms with Gasteiger partial charge >= 0.3 is 12.3 Å². The van der Waals surface area contributed by atoms with Gasteiger partial charge in [-0.15, -0.1) is 13.2 Å². The summed E-state index contributed by atoms with van der Waals surface area (Å²) in [6.45, 7) is 6.94. The van der Waals surface area contributed by atoms with Crippen LogP contribution in [-0.2, 0) is 10.4 Å². The van der Waals surface area contributed by atoms with E-state index in [4.69, 9.17) is 4.74 Å². The summed E-state index contributed by atoms with van der Waals surface area (Å²) >= 11 is 0. The third-order valence-electron chi connectivity index (χ3n) is 4.48. The van der Waals surface area contributed by atoms with Crippen molar-refractivity contribution < 1.29 is 36.9 Å². The Morgan fingerprint density at radius 2 is 1.52 bits per heavy atom. The van der Waals surface area contributed by atoms with Crippen molar-refractivity contribution in [2.75, 3.05) is 0 Å². The van der Waals surface area contributed by atoms with Gasteiger partial charge in [0, 0.05) is 0 Å². The van der Waals surface area contributed by atoms with Gasteiger partial charge in [-0.1, -0.05) is 37.6 Å². The van der Waals surface area contributed by atoms with Gasteiger partial charge in [-0.05, 0) is 62.6 Å². The van der Waals surface area contributed by atoms with Crippen molar-refractivity contribution in [1.29, 1.82) is 0 Å². The van der Waals surface area contributed by atoms with Crippen LogP contribution in [0.2, 0.25) is 0 Å². The van der Waals surface area contributed by atoms with Gasteiger partial charge < -0.3 is 14.6 Å². The van der Waals surface area contributed by atoms with E-state index in [1.165, 1.54) is 36.4 Å². The lowest BCUT2D eigenvalue weighted by Crippen LogP contribution is -2.29. The summed E-state index contributed by atoms with van der Waals surface area (Å²) in [5.41, 5.74) is -2.42. The van der Waals surface area contributed by atoms with E-state index in [1.807, 2.05) is 0 Å².